The molecule has 0 bridgehead atoms. The van der Waals surface area contributed by atoms with E-state index in [-0.39, 0.29) is 24.0 Å². The number of H-pyrrole nitrogens is 1. The molecule has 0 aliphatic heterocycles. The minimum Gasteiger partial charge on any atom is -0.395 e. The number of hydrogen-bond acceptors (Lipinski definition) is 4. The molecule has 2 N–H and O–H groups in total. The van der Waals surface area contributed by atoms with Crippen molar-refractivity contribution in [1.29, 1.82) is 0 Å². The number of fused-ring (bicyclic) bond motifs is 1. The highest BCUT2D eigenvalue weighted by atomic mass is 35.5. The summed E-state index contributed by atoms with van der Waals surface area (Å²) in [5, 5.41) is 9.13. The number of aryl methyl sites for hydroxylation is 1. The number of aromatic amines is 1. The first-order valence-corrected chi connectivity index (χ1v) is 7.49. The second-order valence-corrected chi connectivity index (χ2v) is 5.78. The van der Waals surface area contributed by atoms with Gasteiger partial charge in [-0.3, -0.25) is 13.9 Å². The Morgan fingerprint density at radius 1 is 1.29 bits per heavy atom. The van der Waals surface area contributed by atoms with Crippen molar-refractivity contribution in [1.82, 2.24) is 19.1 Å². The molecule has 21 heavy (non-hydrogen) atoms. The number of aliphatic hydroxyl groups is 1. The summed E-state index contributed by atoms with van der Waals surface area (Å²) in [5.74, 6) is 0.639. The van der Waals surface area contributed by atoms with Crippen molar-refractivity contribution in [2.24, 2.45) is 5.92 Å². The summed E-state index contributed by atoms with van der Waals surface area (Å²) in [6.45, 7) is 0.200. The molecule has 114 valence electrons. The maximum atomic E-state index is 12.4. The molecule has 2 aromatic rings. The number of rotatable bonds is 5. The summed E-state index contributed by atoms with van der Waals surface area (Å²) in [5.41, 5.74) is -0.433. The first kappa shape index (κ1) is 14.3. The van der Waals surface area contributed by atoms with Gasteiger partial charge in [0.2, 0.25) is 5.28 Å². The Kier molecular flexibility index (Phi) is 3.86. The number of halogens is 1. The molecule has 0 radical (unpaired) electrons. The van der Waals surface area contributed by atoms with Gasteiger partial charge in [0.1, 0.15) is 0 Å². The molecule has 0 aromatic carbocycles. The van der Waals surface area contributed by atoms with E-state index >= 15 is 0 Å². The topological polar surface area (TPSA) is 92.9 Å². The van der Waals surface area contributed by atoms with Gasteiger partial charge in [-0.15, -0.1) is 0 Å². The van der Waals surface area contributed by atoms with E-state index in [9.17, 15) is 9.59 Å². The molecule has 2 aromatic heterocycles. The van der Waals surface area contributed by atoms with Crippen LogP contribution in [0.1, 0.15) is 25.7 Å². The molecule has 7 nitrogen and oxygen atoms in total. The van der Waals surface area contributed by atoms with Crippen LogP contribution < -0.4 is 11.2 Å². The normalized spacial score (nSPS) is 15.5. The molecule has 2 heterocycles. The van der Waals surface area contributed by atoms with Gasteiger partial charge in [-0.05, 0) is 23.9 Å². The largest absolute Gasteiger partial charge is 0.395 e. The van der Waals surface area contributed by atoms with Crippen LogP contribution in [0, 0.1) is 5.92 Å². The lowest BCUT2D eigenvalue weighted by molar-refractivity contribution is 0.265. The standard InChI is InChI=1S/C13H17ClN4O3/c14-12-15-9-10(16-12)17(5-4-8-2-1-3-8)13(21)18(6-7-19)11(9)20/h8,19H,1-7H2,(H,15,16). The van der Waals surface area contributed by atoms with E-state index in [1.54, 1.807) is 0 Å². The van der Waals surface area contributed by atoms with Gasteiger partial charge in [0.05, 0.1) is 13.2 Å². The summed E-state index contributed by atoms with van der Waals surface area (Å²) in [4.78, 5) is 31.4. The number of hydrogen-bond donors (Lipinski definition) is 2. The lowest BCUT2D eigenvalue weighted by atomic mass is 9.83. The van der Waals surface area contributed by atoms with Crippen LogP contribution in [0.2, 0.25) is 5.28 Å². The average Bonchev–Trinajstić information content (AvgIpc) is 2.78. The second-order valence-electron chi connectivity index (χ2n) is 5.43. The molecule has 1 aliphatic rings. The molecule has 0 saturated heterocycles. The Labute approximate surface area is 125 Å². The molecule has 0 amide bonds. The van der Waals surface area contributed by atoms with Crippen molar-refractivity contribution in [2.75, 3.05) is 6.61 Å². The number of imidazole rings is 1. The van der Waals surface area contributed by atoms with E-state index in [4.69, 9.17) is 16.7 Å². The molecule has 0 spiro atoms. The molecule has 1 aliphatic carbocycles. The maximum Gasteiger partial charge on any atom is 0.332 e. The SMILES string of the molecule is O=c1c2[nH]c(Cl)nc2n(CCC2CCC2)c(=O)n1CCO. The van der Waals surface area contributed by atoms with Crippen molar-refractivity contribution >= 4 is 22.8 Å². The van der Waals surface area contributed by atoms with Crippen LogP contribution in [0.4, 0.5) is 0 Å². The first-order chi connectivity index (χ1) is 10.1. The zero-order valence-electron chi connectivity index (χ0n) is 11.5. The number of nitrogens with zero attached hydrogens (tertiary/aromatic N) is 3. The molecule has 0 unspecified atom stereocenters. The fourth-order valence-electron chi connectivity index (χ4n) is 2.73. The summed E-state index contributed by atoms with van der Waals surface area (Å²) >= 11 is 5.83. The Bertz CT molecular complexity index is 772. The van der Waals surface area contributed by atoms with Gasteiger partial charge >= 0.3 is 5.69 Å². The van der Waals surface area contributed by atoms with Crippen LogP contribution in [-0.4, -0.2) is 30.8 Å². The lowest BCUT2D eigenvalue weighted by Crippen LogP contribution is -2.41. The lowest BCUT2D eigenvalue weighted by Gasteiger charge is -2.25. The summed E-state index contributed by atoms with van der Waals surface area (Å²) in [7, 11) is 0. The van der Waals surface area contributed by atoms with E-state index < -0.39 is 11.2 Å². The minimum atomic E-state index is -0.497. The first-order valence-electron chi connectivity index (χ1n) is 7.11. The van der Waals surface area contributed by atoms with Crippen LogP contribution >= 0.6 is 11.6 Å². The van der Waals surface area contributed by atoms with Gasteiger partial charge < -0.3 is 10.1 Å². The van der Waals surface area contributed by atoms with Gasteiger partial charge in [-0.25, -0.2) is 4.79 Å². The van der Waals surface area contributed by atoms with Crippen LogP contribution in [0.25, 0.3) is 11.2 Å². The monoisotopic (exact) mass is 312 g/mol. The van der Waals surface area contributed by atoms with Gasteiger partial charge in [0.15, 0.2) is 11.2 Å². The highest BCUT2D eigenvalue weighted by Crippen LogP contribution is 2.29. The Balaban J connectivity index is 2.10. The summed E-state index contributed by atoms with van der Waals surface area (Å²) < 4.78 is 2.50. The fourth-order valence-corrected chi connectivity index (χ4v) is 2.90. The molecule has 1 saturated carbocycles. The summed E-state index contributed by atoms with van der Waals surface area (Å²) in [6.07, 6.45) is 4.51. The highest BCUT2D eigenvalue weighted by Gasteiger charge is 2.20. The molecule has 1 fully saturated rings. The van der Waals surface area contributed by atoms with E-state index in [1.807, 2.05) is 0 Å². The average molecular weight is 313 g/mol. The van der Waals surface area contributed by atoms with Crippen molar-refractivity contribution in [3.63, 3.8) is 0 Å². The van der Waals surface area contributed by atoms with Gasteiger partial charge in [-0.2, -0.15) is 4.98 Å². The Hall–Kier alpha value is -1.60. The second kappa shape index (κ2) is 5.65. The van der Waals surface area contributed by atoms with E-state index in [2.05, 4.69) is 9.97 Å². The maximum absolute atomic E-state index is 12.4. The van der Waals surface area contributed by atoms with Crippen LogP contribution in [0.15, 0.2) is 9.59 Å². The highest BCUT2D eigenvalue weighted by molar-refractivity contribution is 6.28. The quantitative estimate of drug-likeness (QED) is 0.796. The third kappa shape index (κ3) is 2.51. The van der Waals surface area contributed by atoms with E-state index in [0.29, 0.717) is 18.1 Å². The molecular formula is C13H17ClN4O3. The van der Waals surface area contributed by atoms with Crippen molar-refractivity contribution in [3.8, 4) is 0 Å². The van der Waals surface area contributed by atoms with Crippen LogP contribution in [-0.2, 0) is 13.1 Å². The zero-order chi connectivity index (χ0) is 15.0. The predicted octanol–water partition coefficient (Wildman–Crippen LogP) is 0.722. The predicted molar refractivity (Wildman–Crippen MR) is 78.7 cm³/mol. The number of aromatic nitrogens is 4. The summed E-state index contributed by atoms with van der Waals surface area (Å²) in [6, 6.07) is 0. The van der Waals surface area contributed by atoms with Gasteiger partial charge in [-0.1, -0.05) is 19.3 Å². The molecular weight excluding hydrogens is 296 g/mol. The molecule has 3 rings (SSSR count). The Morgan fingerprint density at radius 3 is 2.67 bits per heavy atom. The van der Waals surface area contributed by atoms with Crippen molar-refractivity contribution < 1.29 is 5.11 Å². The van der Waals surface area contributed by atoms with Crippen LogP contribution in [0.5, 0.6) is 0 Å². The minimum absolute atomic E-state index is 0.0341. The third-order valence-corrected chi connectivity index (χ3v) is 4.32. The van der Waals surface area contributed by atoms with E-state index in [0.717, 1.165) is 11.0 Å². The zero-order valence-corrected chi connectivity index (χ0v) is 12.3. The van der Waals surface area contributed by atoms with Gasteiger partial charge in [0, 0.05) is 6.54 Å². The Morgan fingerprint density at radius 2 is 2.05 bits per heavy atom. The molecule has 0 atom stereocenters. The smallest absolute Gasteiger partial charge is 0.332 e. The molecule has 8 heteroatoms. The van der Waals surface area contributed by atoms with Crippen LogP contribution in [0.3, 0.4) is 0 Å². The van der Waals surface area contributed by atoms with Gasteiger partial charge in [0.25, 0.3) is 5.56 Å². The van der Waals surface area contributed by atoms with E-state index in [1.165, 1.54) is 23.8 Å². The van der Waals surface area contributed by atoms with Crippen molar-refractivity contribution in [3.05, 3.63) is 26.1 Å². The van der Waals surface area contributed by atoms with Crippen molar-refractivity contribution in [2.45, 2.75) is 38.8 Å². The fraction of sp³-hybridized carbons (Fsp3) is 0.615. The third-order valence-electron chi connectivity index (χ3n) is 4.14. The number of nitrogens with one attached hydrogen (secondary N) is 1. The number of aliphatic hydroxyl groups excluding tert-OH is 1.